The lowest BCUT2D eigenvalue weighted by Crippen LogP contribution is -2.19. The highest BCUT2D eigenvalue weighted by molar-refractivity contribution is 7.14. The van der Waals surface area contributed by atoms with Gasteiger partial charge in [0, 0.05) is 17.1 Å². The van der Waals surface area contributed by atoms with E-state index in [1.54, 1.807) is 0 Å². The van der Waals surface area contributed by atoms with Crippen LogP contribution >= 0.6 is 11.3 Å². The molecule has 5 nitrogen and oxygen atoms in total. The highest BCUT2D eigenvalue weighted by Gasteiger charge is 2.33. The highest BCUT2D eigenvalue weighted by Crippen LogP contribution is 2.28. The van der Waals surface area contributed by atoms with E-state index in [2.05, 4.69) is 15.4 Å². The summed E-state index contributed by atoms with van der Waals surface area (Å²) in [6.07, 6.45) is -3.55. The number of hydrogen-bond donors (Lipinski definition) is 1. The molecule has 0 spiro atoms. The quantitative estimate of drug-likeness (QED) is 0.689. The van der Waals surface area contributed by atoms with Crippen molar-refractivity contribution in [3.63, 3.8) is 0 Å². The zero-order valence-electron chi connectivity index (χ0n) is 12.7. The third-order valence-electron chi connectivity index (χ3n) is 3.20. The smallest absolute Gasteiger partial charge is 0.300 e. The maximum absolute atomic E-state index is 13.3. The monoisotopic (exact) mass is 388 g/mol. The van der Waals surface area contributed by atoms with Crippen molar-refractivity contribution in [2.45, 2.75) is 12.7 Å². The van der Waals surface area contributed by atoms with Crippen LogP contribution < -0.4 is 5.32 Å². The summed E-state index contributed by atoms with van der Waals surface area (Å²) in [6.45, 7) is -0.434. The minimum atomic E-state index is -4.59. The van der Waals surface area contributed by atoms with E-state index in [4.69, 9.17) is 0 Å². The predicted molar refractivity (Wildman–Crippen MR) is 83.3 cm³/mol. The number of carbonyl (C=O) groups is 1. The predicted octanol–water partition coefficient (Wildman–Crippen LogP) is 3.94. The van der Waals surface area contributed by atoms with Crippen molar-refractivity contribution in [1.29, 1.82) is 0 Å². The van der Waals surface area contributed by atoms with Crippen molar-refractivity contribution in [3.8, 4) is 11.3 Å². The number of carbonyl (C=O) groups excluding carboxylic acids is 1. The molecule has 1 aromatic carbocycles. The molecule has 1 N–H and O–H groups in total. The molecule has 0 aliphatic carbocycles. The summed E-state index contributed by atoms with van der Waals surface area (Å²) < 4.78 is 64.4. The van der Waals surface area contributed by atoms with E-state index < -0.39 is 36.0 Å². The van der Waals surface area contributed by atoms with Gasteiger partial charge in [-0.25, -0.2) is 13.8 Å². The standard InChI is InChI=1S/C15H9F5N4OS/c16-9-2-1-8(5-10(9)17)11-7-26-14(21-11)22-13(25)6-24-4-3-12(23-24)15(18,19)20/h1-5,7H,6H2,(H,21,22,25). The van der Waals surface area contributed by atoms with Crippen LogP contribution in [0.1, 0.15) is 5.69 Å². The number of alkyl halides is 3. The summed E-state index contributed by atoms with van der Waals surface area (Å²) in [5, 5.41) is 7.37. The number of halogens is 5. The number of benzene rings is 1. The minimum absolute atomic E-state index is 0.165. The molecule has 0 aliphatic heterocycles. The summed E-state index contributed by atoms with van der Waals surface area (Å²) >= 11 is 1.03. The Morgan fingerprint density at radius 3 is 2.62 bits per heavy atom. The molecule has 0 fully saturated rings. The first-order valence-corrected chi connectivity index (χ1v) is 7.92. The molecule has 0 bridgehead atoms. The van der Waals surface area contributed by atoms with Gasteiger partial charge >= 0.3 is 6.18 Å². The number of amides is 1. The summed E-state index contributed by atoms with van der Waals surface area (Å²) in [4.78, 5) is 16.0. The van der Waals surface area contributed by atoms with Gasteiger partial charge in [-0.15, -0.1) is 11.3 Å². The molecule has 0 saturated carbocycles. The van der Waals surface area contributed by atoms with Crippen LogP contribution in [0.2, 0.25) is 0 Å². The summed E-state index contributed by atoms with van der Waals surface area (Å²) in [6, 6.07) is 4.02. The Morgan fingerprint density at radius 1 is 1.19 bits per heavy atom. The SMILES string of the molecule is O=C(Cn1ccc(C(F)(F)F)n1)Nc1nc(-c2ccc(F)c(F)c2)cs1. The van der Waals surface area contributed by atoms with E-state index in [1.165, 1.54) is 11.4 Å². The van der Waals surface area contributed by atoms with E-state index in [-0.39, 0.29) is 5.13 Å². The lowest BCUT2D eigenvalue weighted by Gasteiger charge is -2.03. The molecule has 0 saturated heterocycles. The summed E-state index contributed by atoms with van der Waals surface area (Å²) in [5.41, 5.74) is -0.453. The molecule has 3 aromatic rings. The van der Waals surface area contributed by atoms with Crippen LogP contribution in [-0.2, 0) is 17.5 Å². The molecule has 0 atom stereocenters. The van der Waals surface area contributed by atoms with Crippen LogP contribution in [0.5, 0.6) is 0 Å². The molecule has 26 heavy (non-hydrogen) atoms. The normalized spacial score (nSPS) is 11.6. The fourth-order valence-corrected chi connectivity index (χ4v) is 2.76. The number of thiazole rings is 1. The topological polar surface area (TPSA) is 59.8 Å². The first-order valence-electron chi connectivity index (χ1n) is 7.04. The van der Waals surface area contributed by atoms with Crippen LogP contribution in [0.15, 0.2) is 35.8 Å². The second-order valence-corrected chi connectivity index (χ2v) is 5.97. The van der Waals surface area contributed by atoms with Gasteiger partial charge in [0.2, 0.25) is 5.91 Å². The first kappa shape index (κ1) is 18.0. The fourth-order valence-electron chi connectivity index (χ4n) is 2.03. The van der Waals surface area contributed by atoms with Gasteiger partial charge in [0.1, 0.15) is 6.54 Å². The third-order valence-corrected chi connectivity index (χ3v) is 3.96. The van der Waals surface area contributed by atoms with Gasteiger partial charge in [0.15, 0.2) is 22.5 Å². The van der Waals surface area contributed by atoms with Gasteiger partial charge in [0.25, 0.3) is 0 Å². The molecular weight excluding hydrogens is 379 g/mol. The molecule has 0 radical (unpaired) electrons. The molecule has 136 valence electrons. The Hall–Kier alpha value is -2.82. The lowest BCUT2D eigenvalue weighted by atomic mass is 10.2. The van der Waals surface area contributed by atoms with Crippen molar-refractivity contribution in [3.05, 3.63) is 53.2 Å². The molecule has 1 amide bonds. The van der Waals surface area contributed by atoms with Crippen LogP contribution in [0.25, 0.3) is 11.3 Å². The van der Waals surface area contributed by atoms with E-state index >= 15 is 0 Å². The minimum Gasteiger partial charge on any atom is -0.300 e. The number of nitrogens with zero attached hydrogens (tertiary/aromatic N) is 3. The molecular formula is C15H9F5N4OS. The second-order valence-electron chi connectivity index (χ2n) is 5.11. The van der Waals surface area contributed by atoms with Crippen molar-refractivity contribution >= 4 is 22.4 Å². The molecule has 0 aliphatic rings. The Labute approximate surface area is 147 Å². The molecule has 2 aromatic heterocycles. The van der Waals surface area contributed by atoms with Crippen LogP contribution in [-0.4, -0.2) is 20.7 Å². The van der Waals surface area contributed by atoms with Crippen LogP contribution in [0.3, 0.4) is 0 Å². The average Bonchev–Trinajstić information content (AvgIpc) is 3.19. The number of hydrogen-bond acceptors (Lipinski definition) is 4. The Morgan fingerprint density at radius 2 is 1.96 bits per heavy atom. The fraction of sp³-hybridized carbons (Fsp3) is 0.133. The number of aromatic nitrogens is 3. The lowest BCUT2D eigenvalue weighted by molar-refractivity contribution is -0.141. The average molecular weight is 388 g/mol. The van der Waals surface area contributed by atoms with E-state index in [0.29, 0.717) is 11.3 Å². The Kier molecular flexibility index (Phi) is 4.72. The third kappa shape index (κ3) is 4.04. The van der Waals surface area contributed by atoms with Gasteiger partial charge in [-0.1, -0.05) is 0 Å². The molecule has 0 unspecified atom stereocenters. The summed E-state index contributed by atoms with van der Waals surface area (Å²) in [5.74, 6) is -2.65. The second kappa shape index (κ2) is 6.83. The first-order chi connectivity index (χ1) is 12.2. The molecule has 11 heteroatoms. The maximum Gasteiger partial charge on any atom is 0.435 e. The summed E-state index contributed by atoms with van der Waals surface area (Å²) in [7, 11) is 0. The van der Waals surface area contributed by atoms with Crippen molar-refractivity contribution in [2.24, 2.45) is 0 Å². The van der Waals surface area contributed by atoms with Crippen molar-refractivity contribution < 1.29 is 26.7 Å². The van der Waals surface area contributed by atoms with Crippen molar-refractivity contribution in [2.75, 3.05) is 5.32 Å². The van der Waals surface area contributed by atoms with Crippen molar-refractivity contribution in [1.82, 2.24) is 14.8 Å². The van der Waals surface area contributed by atoms with Gasteiger partial charge in [-0.2, -0.15) is 18.3 Å². The van der Waals surface area contributed by atoms with E-state index in [1.807, 2.05) is 0 Å². The Balaban J connectivity index is 1.66. The van der Waals surface area contributed by atoms with Gasteiger partial charge in [-0.05, 0) is 24.3 Å². The van der Waals surface area contributed by atoms with Gasteiger partial charge < -0.3 is 5.32 Å². The van der Waals surface area contributed by atoms with E-state index in [0.717, 1.165) is 40.4 Å². The number of nitrogens with one attached hydrogen (secondary N) is 1. The van der Waals surface area contributed by atoms with Gasteiger partial charge in [0.05, 0.1) is 5.69 Å². The molecule has 3 rings (SSSR count). The zero-order valence-corrected chi connectivity index (χ0v) is 13.5. The maximum atomic E-state index is 13.3. The van der Waals surface area contributed by atoms with Crippen LogP contribution in [0, 0.1) is 11.6 Å². The highest BCUT2D eigenvalue weighted by atomic mass is 32.1. The number of anilines is 1. The zero-order chi connectivity index (χ0) is 18.9. The Bertz CT molecular complexity index is 950. The van der Waals surface area contributed by atoms with Crippen LogP contribution in [0.4, 0.5) is 27.1 Å². The van der Waals surface area contributed by atoms with E-state index in [9.17, 15) is 26.7 Å². The largest absolute Gasteiger partial charge is 0.435 e. The number of rotatable bonds is 4. The molecule has 2 heterocycles. The van der Waals surface area contributed by atoms with Gasteiger partial charge in [-0.3, -0.25) is 9.48 Å².